The molecule has 2 unspecified atom stereocenters. The zero-order chi connectivity index (χ0) is 11.0. The molecule has 0 spiro atoms. The van der Waals surface area contributed by atoms with Gasteiger partial charge in [-0.1, -0.05) is 19.3 Å². The summed E-state index contributed by atoms with van der Waals surface area (Å²) >= 11 is 0. The lowest BCUT2D eigenvalue weighted by Crippen LogP contribution is -2.40. The fourth-order valence-electron chi connectivity index (χ4n) is 3.26. The number of carbonyl (C=O) groups is 1. The topological polar surface area (TPSA) is 41.6 Å². The SMILES string of the molecule is O=C1OC2CNCC2N1CC1CCCCC1. The van der Waals surface area contributed by atoms with E-state index in [9.17, 15) is 4.79 Å². The number of nitrogens with zero attached hydrogens (tertiary/aromatic N) is 1. The first-order valence-corrected chi connectivity index (χ1v) is 6.52. The van der Waals surface area contributed by atoms with Crippen molar-refractivity contribution in [2.75, 3.05) is 19.6 Å². The summed E-state index contributed by atoms with van der Waals surface area (Å²) in [6.07, 6.45) is 6.63. The summed E-state index contributed by atoms with van der Waals surface area (Å²) in [6.45, 7) is 2.66. The van der Waals surface area contributed by atoms with E-state index >= 15 is 0 Å². The molecule has 0 aromatic rings. The molecule has 2 heterocycles. The van der Waals surface area contributed by atoms with Gasteiger partial charge >= 0.3 is 6.09 Å². The lowest BCUT2D eigenvalue weighted by molar-refractivity contribution is 0.130. The summed E-state index contributed by atoms with van der Waals surface area (Å²) in [6, 6.07) is 0.300. The maximum atomic E-state index is 11.7. The van der Waals surface area contributed by atoms with Gasteiger partial charge in [0.05, 0.1) is 6.04 Å². The minimum atomic E-state index is -0.0814. The van der Waals surface area contributed by atoms with E-state index in [0.717, 1.165) is 19.6 Å². The van der Waals surface area contributed by atoms with Gasteiger partial charge in [-0.25, -0.2) is 4.79 Å². The Labute approximate surface area is 96.3 Å². The molecular formula is C12H20N2O2. The van der Waals surface area contributed by atoms with Gasteiger partial charge in [-0.2, -0.15) is 0 Å². The van der Waals surface area contributed by atoms with Crippen molar-refractivity contribution in [3.05, 3.63) is 0 Å². The van der Waals surface area contributed by atoms with Crippen LogP contribution >= 0.6 is 0 Å². The second-order valence-corrected chi connectivity index (χ2v) is 5.30. The summed E-state index contributed by atoms with van der Waals surface area (Å²) in [5, 5.41) is 3.29. The standard InChI is InChI=1S/C12H20N2O2/c15-12-14(8-9-4-2-1-3-5-9)10-6-13-7-11(10)16-12/h9-11,13H,1-8H2. The zero-order valence-corrected chi connectivity index (χ0v) is 9.65. The van der Waals surface area contributed by atoms with Gasteiger partial charge in [0.1, 0.15) is 6.10 Å². The third-order valence-electron chi connectivity index (χ3n) is 4.19. The van der Waals surface area contributed by atoms with Crippen LogP contribution in [0.3, 0.4) is 0 Å². The fourth-order valence-corrected chi connectivity index (χ4v) is 3.26. The molecule has 3 aliphatic rings. The van der Waals surface area contributed by atoms with Gasteiger partial charge in [-0.3, -0.25) is 4.90 Å². The Kier molecular flexibility index (Phi) is 2.75. The molecule has 3 rings (SSSR count). The van der Waals surface area contributed by atoms with Crippen molar-refractivity contribution in [3.8, 4) is 0 Å². The molecule has 1 saturated carbocycles. The summed E-state index contributed by atoms with van der Waals surface area (Å²) in [4.78, 5) is 13.7. The van der Waals surface area contributed by atoms with Gasteiger partial charge in [-0.05, 0) is 18.8 Å². The minimum absolute atomic E-state index is 0.0814. The van der Waals surface area contributed by atoms with Crippen LogP contribution in [0.4, 0.5) is 4.79 Å². The molecule has 2 aliphatic heterocycles. The van der Waals surface area contributed by atoms with E-state index in [2.05, 4.69) is 5.32 Å². The van der Waals surface area contributed by atoms with E-state index in [4.69, 9.17) is 4.74 Å². The molecule has 90 valence electrons. The second-order valence-electron chi connectivity index (χ2n) is 5.30. The first kappa shape index (κ1) is 10.4. The first-order valence-electron chi connectivity index (χ1n) is 6.52. The number of hydrogen-bond donors (Lipinski definition) is 1. The van der Waals surface area contributed by atoms with Crippen molar-refractivity contribution in [3.63, 3.8) is 0 Å². The van der Waals surface area contributed by atoms with Gasteiger partial charge in [0.2, 0.25) is 0 Å². The van der Waals surface area contributed by atoms with E-state index in [1.54, 1.807) is 0 Å². The summed E-state index contributed by atoms with van der Waals surface area (Å²) < 4.78 is 5.36. The molecule has 1 amide bonds. The molecule has 16 heavy (non-hydrogen) atoms. The Hall–Kier alpha value is -0.770. The highest BCUT2D eigenvalue weighted by Crippen LogP contribution is 2.29. The predicted octanol–water partition coefficient (Wildman–Crippen LogP) is 1.36. The predicted molar refractivity (Wildman–Crippen MR) is 60.2 cm³/mol. The highest BCUT2D eigenvalue weighted by molar-refractivity contribution is 5.71. The van der Waals surface area contributed by atoms with Crippen LogP contribution in [0.5, 0.6) is 0 Å². The van der Waals surface area contributed by atoms with E-state index < -0.39 is 0 Å². The molecule has 0 aromatic heterocycles. The number of amides is 1. The first-order chi connectivity index (χ1) is 7.84. The van der Waals surface area contributed by atoms with Crippen LogP contribution in [0.2, 0.25) is 0 Å². The van der Waals surface area contributed by atoms with Crippen LogP contribution < -0.4 is 5.32 Å². The molecule has 1 N–H and O–H groups in total. The van der Waals surface area contributed by atoms with Crippen LogP contribution in [-0.4, -0.2) is 42.8 Å². The summed E-state index contributed by atoms with van der Waals surface area (Å²) in [5.41, 5.74) is 0. The Morgan fingerprint density at radius 1 is 1.25 bits per heavy atom. The highest BCUT2D eigenvalue weighted by Gasteiger charge is 2.45. The Morgan fingerprint density at radius 2 is 2.06 bits per heavy atom. The normalized spacial score (nSPS) is 35.2. The Morgan fingerprint density at radius 3 is 2.88 bits per heavy atom. The molecule has 4 nitrogen and oxygen atoms in total. The third-order valence-corrected chi connectivity index (χ3v) is 4.19. The second kappa shape index (κ2) is 4.24. The average Bonchev–Trinajstić information content (AvgIpc) is 2.84. The van der Waals surface area contributed by atoms with Crippen molar-refractivity contribution >= 4 is 6.09 Å². The van der Waals surface area contributed by atoms with Crippen molar-refractivity contribution in [2.24, 2.45) is 5.92 Å². The van der Waals surface area contributed by atoms with Gasteiger partial charge < -0.3 is 10.1 Å². The van der Waals surface area contributed by atoms with Crippen molar-refractivity contribution in [2.45, 2.75) is 44.2 Å². The van der Waals surface area contributed by atoms with Gasteiger partial charge in [0.15, 0.2) is 0 Å². The van der Waals surface area contributed by atoms with Crippen LogP contribution in [0, 0.1) is 5.92 Å². The van der Waals surface area contributed by atoms with Crippen LogP contribution in [0.15, 0.2) is 0 Å². The molecule has 2 atom stereocenters. The number of ether oxygens (including phenoxy) is 1. The Bertz CT molecular complexity index is 276. The van der Waals surface area contributed by atoms with E-state index in [0.29, 0.717) is 12.0 Å². The lowest BCUT2D eigenvalue weighted by atomic mass is 9.89. The van der Waals surface area contributed by atoms with E-state index in [1.807, 2.05) is 4.90 Å². The summed E-state index contributed by atoms with van der Waals surface area (Å²) in [7, 11) is 0. The van der Waals surface area contributed by atoms with Gasteiger partial charge in [0, 0.05) is 19.6 Å². The maximum Gasteiger partial charge on any atom is 0.410 e. The lowest BCUT2D eigenvalue weighted by Gasteiger charge is -2.28. The molecular weight excluding hydrogens is 204 g/mol. The number of carbonyl (C=O) groups excluding carboxylic acids is 1. The molecule has 0 aromatic carbocycles. The molecule has 0 radical (unpaired) electrons. The van der Waals surface area contributed by atoms with Crippen molar-refractivity contribution in [1.82, 2.24) is 10.2 Å². The van der Waals surface area contributed by atoms with Crippen molar-refractivity contribution in [1.29, 1.82) is 0 Å². The van der Waals surface area contributed by atoms with Crippen LogP contribution in [-0.2, 0) is 4.74 Å². The molecule has 1 aliphatic carbocycles. The number of fused-ring (bicyclic) bond motifs is 1. The van der Waals surface area contributed by atoms with Crippen molar-refractivity contribution < 1.29 is 9.53 Å². The quantitative estimate of drug-likeness (QED) is 0.770. The minimum Gasteiger partial charge on any atom is -0.442 e. The highest BCUT2D eigenvalue weighted by atomic mass is 16.6. The van der Waals surface area contributed by atoms with Gasteiger partial charge in [-0.15, -0.1) is 0 Å². The van der Waals surface area contributed by atoms with Gasteiger partial charge in [0.25, 0.3) is 0 Å². The summed E-state index contributed by atoms with van der Waals surface area (Å²) in [5.74, 6) is 0.709. The van der Waals surface area contributed by atoms with Crippen LogP contribution in [0.1, 0.15) is 32.1 Å². The van der Waals surface area contributed by atoms with E-state index in [-0.39, 0.29) is 12.2 Å². The maximum absolute atomic E-state index is 11.7. The number of hydrogen-bond acceptors (Lipinski definition) is 3. The van der Waals surface area contributed by atoms with Crippen LogP contribution in [0.25, 0.3) is 0 Å². The average molecular weight is 224 g/mol. The smallest absolute Gasteiger partial charge is 0.410 e. The fraction of sp³-hybridized carbons (Fsp3) is 0.917. The Balaban J connectivity index is 1.62. The largest absolute Gasteiger partial charge is 0.442 e. The number of rotatable bonds is 2. The third kappa shape index (κ3) is 1.79. The molecule has 2 saturated heterocycles. The molecule has 3 fully saturated rings. The molecule has 4 heteroatoms. The monoisotopic (exact) mass is 224 g/mol. The zero-order valence-electron chi connectivity index (χ0n) is 9.65. The number of nitrogens with one attached hydrogen (secondary N) is 1. The van der Waals surface area contributed by atoms with E-state index in [1.165, 1.54) is 32.1 Å². The molecule has 0 bridgehead atoms.